The fraction of sp³-hybridized carbons (Fsp3) is 0.143. The van der Waals surface area contributed by atoms with Crippen LogP contribution in [0.5, 0.6) is 0 Å². The van der Waals surface area contributed by atoms with Crippen LogP contribution < -0.4 is 0 Å². The molecule has 0 saturated carbocycles. The van der Waals surface area contributed by atoms with Crippen molar-refractivity contribution in [1.82, 2.24) is 25.2 Å². The Morgan fingerprint density at radius 3 is 2.32 bits per heavy atom. The van der Waals surface area contributed by atoms with Gasteiger partial charge < -0.3 is 5.11 Å². The Morgan fingerprint density at radius 1 is 0.935 bits per heavy atom. The van der Waals surface area contributed by atoms with Crippen LogP contribution in [0.1, 0.15) is 11.3 Å². The molecule has 6 nitrogen and oxygen atoms in total. The zero-order chi connectivity index (χ0) is 22.1. The maximum Gasteiger partial charge on any atom is 0.323 e. The van der Waals surface area contributed by atoms with Crippen LogP contribution in [0.2, 0.25) is 0 Å². The van der Waals surface area contributed by atoms with Gasteiger partial charge in [-0.3, -0.25) is 4.98 Å². The Morgan fingerprint density at radius 2 is 1.71 bits per heavy atom. The number of aromatic nitrogens is 5. The molecule has 0 spiro atoms. The van der Waals surface area contributed by atoms with Gasteiger partial charge in [0.2, 0.25) is 0 Å². The number of pyridine rings is 1. The predicted octanol–water partition coefficient (Wildman–Crippen LogP) is 3.69. The standard InChI is InChI=1S/C21H15F4N5O/c22-16-7-8-17(18(23)10-16)20(31,12-30-13-27-28-29-30)21(24,25)19-9-6-15(11-26-19)14-4-2-1-3-5-14/h1-11,13,31H,12H2. The summed E-state index contributed by atoms with van der Waals surface area (Å²) in [5.74, 6) is -6.40. The summed E-state index contributed by atoms with van der Waals surface area (Å²) in [6.07, 6.45) is 2.23. The van der Waals surface area contributed by atoms with Gasteiger partial charge >= 0.3 is 5.92 Å². The highest BCUT2D eigenvalue weighted by atomic mass is 19.3. The SMILES string of the molecule is OC(Cn1cnnn1)(c1ccc(F)cc1F)C(F)(F)c1ccc(-c2ccccc2)cn1. The molecule has 1 unspecified atom stereocenters. The van der Waals surface area contributed by atoms with Gasteiger partial charge in [0.1, 0.15) is 23.7 Å². The Hall–Kier alpha value is -3.66. The summed E-state index contributed by atoms with van der Waals surface area (Å²) >= 11 is 0. The topological polar surface area (TPSA) is 76.7 Å². The van der Waals surface area contributed by atoms with Gasteiger partial charge in [0, 0.05) is 23.4 Å². The van der Waals surface area contributed by atoms with E-state index in [2.05, 4.69) is 20.5 Å². The average Bonchev–Trinajstić information content (AvgIpc) is 3.27. The Labute approximate surface area is 173 Å². The van der Waals surface area contributed by atoms with Gasteiger partial charge in [-0.25, -0.2) is 13.5 Å². The van der Waals surface area contributed by atoms with Gasteiger partial charge in [0.15, 0.2) is 5.60 Å². The lowest BCUT2D eigenvalue weighted by molar-refractivity contribution is -0.207. The summed E-state index contributed by atoms with van der Waals surface area (Å²) in [6, 6.07) is 13.4. The van der Waals surface area contributed by atoms with Crippen molar-refractivity contribution in [3.63, 3.8) is 0 Å². The van der Waals surface area contributed by atoms with E-state index in [0.717, 1.165) is 34.8 Å². The molecule has 0 aliphatic carbocycles. The van der Waals surface area contributed by atoms with Gasteiger partial charge in [0.25, 0.3) is 0 Å². The molecule has 2 heterocycles. The van der Waals surface area contributed by atoms with Crippen LogP contribution >= 0.6 is 0 Å². The van der Waals surface area contributed by atoms with Gasteiger partial charge in [-0.2, -0.15) is 8.78 Å². The van der Waals surface area contributed by atoms with Gasteiger partial charge in [-0.1, -0.05) is 36.4 Å². The molecule has 1 atom stereocenters. The number of alkyl halides is 2. The average molecular weight is 429 g/mol. The first kappa shape index (κ1) is 20.6. The van der Waals surface area contributed by atoms with E-state index in [4.69, 9.17) is 0 Å². The second-order valence-corrected chi connectivity index (χ2v) is 6.86. The number of benzene rings is 2. The zero-order valence-electron chi connectivity index (χ0n) is 15.8. The third-order valence-electron chi connectivity index (χ3n) is 4.87. The van der Waals surface area contributed by atoms with Gasteiger partial charge in [0.05, 0.1) is 6.54 Å². The first-order chi connectivity index (χ1) is 14.8. The molecule has 0 saturated heterocycles. The first-order valence-corrected chi connectivity index (χ1v) is 9.10. The third kappa shape index (κ3) is 3.77. The van der Waals surface area contributed by atoms with Crippen LogP contribution in [0.3, 0.4) is 0 Å². The molecule has 31 heavy (non-hydrogen) atoms. The van der Waals surface area contributed by atoms with Crippen LogP contribution in [0.25, 0.3) is 11.1 Å². The molecule has 4 aromatic rings. The zero-order valence-corrected chi connectivity index (χ0v) is 15.8. The van der Waals surface area contributed by atoms with Crippen molar-refractivity contribution in [2.75, 3.05) is 0 Å². The largest absolute Gasteiger partial charge is 0.377 e. The van der Waals surface area contributed by atoms with Crippen LogP contribution in [-0.2, 0) is 18.1 Å². The van der Waals surface area contributed by atoms with E-state index < -0.39 is 41.0 Å². The van der Waals surface area contributed by atoms with Crippen molar-refractivity contribution in [3.05, 3.63) is 96.1 Å². The second kappa shape index (κ2) is 7.88. The monoisotopic (exact) mass is 429 g/mol. The van der Waals surface area contributed by atoms with E-state index in [1.54, 1.807) is 24.3 Å². The summed E-state index contributed by atoms with van der Waals surface area (Å²) in [6.45, 7) is -0.905. The molecular weight excluding hydrogens is 414 g/mol. The summed E-state index contributed by atoms with van der Waals surface area (Å²) < 4.78 is 60.0. The van der Waals surface area contributed by atoms with Gasteiger partial charge in [-0.05, 0) is 34.2 Å². The van der Waals surface area contributed by atoms with Crippen LogP contribution in [0.4, 0.5) is 17.6 Å². The van der Waals surface area contributed by atoms with Crippen molar-refractivity contribution in [2.24, 2.45) is 0 Å². The lowest BCUT2D eigenvalue weighted by Crippen LogP contribution is -2.48. The third-order valence-corrected chi connectivity index (χ3v) is 4.87. The Balaban J connectivity index is 1.79. The summed E-state index contributed by atoms with van der Waals surface area (Å²) in [4.78, 5) is 3.83. The minimum absolute atomic E-state index is 0.419. The maximum absolute atomic E-state index is 15.6. The smallest absolute Gasteiger partial charge is 0.323 e. The number of halogens is 4. The predicted molar refractivity (Wildman–Crippen MR) is 102 cm³/mol. The highest BCUT2D eigenvalue weighted by Gasteiger charge is 2.57. The second-order valence-electron chi connectivity index (χ2n) is 6.86. The fourth-order valence-corrected chi connectivity index (χ4v) is 3.26. The Kier molecular flexibility index (Phi) is 5.24. The first-order valence-electron chi connectivity index (χ1n) is 9.10. The number of aliphatic hydroxyl groups is 1. The molecule has 158 valence electrons. The van der Waals surface area contributed by atoms with E-state index in [1.165, 1.54) is 12.3 Å². The lowest BCUT2D eigenvalue weighted by Gasteiger charge is -2.35. The number of nitrogens with zero attached hydrogens (tertiary/aromatic N) is 5. The van der Waals surface area contributed by atoms with Crippen LogP contribution in [0.15, 0.2) is 73.2 Å². The van der Waals surface area contributed by atoms with Crippen LogP contribution in [-0.4, -0.2) is 30.3 Å². The summed E-state index contributed by atoms with van der Waals surface area (Å²) in [7, 11) is 0. The van der Waals surface area contributed by atoms with E-state index in [-0.39, 0.29) is 0 Å². The molecule has 10 heteroatoms. The van der Waals surface area contributed by atoms with E-state index in [1.807, 2.05) is 6.07 Å². The van der Waals surface area contributed by atoms with Crippen molar-refractivity contribution < 1.29 is 22.7 Å². The highest BCUT2D eigenvalue weighted by Crippen LogP contribution is 2.46. The van der Waals surface area contributed by atoms with E-state index in [9.17, 15) is 13.9 Å². The number of hydrogen-bond donors (Lipinski definition) is 1. The Bertz CT molecular complexity index is 1170. The molecule has 0 fully saturated rings. The minimum atomic E-state index is -4.09. The van der Waals surface area contributed by atoms with Crippen LogP contribution in [0, 0.1) is 11.6 Å². The molecule has 0 radical (unpaired) electrons. The molecule has 0 amide bonds. The van der Waals surface area contributed by atoms with Crippen molar-refractivity contribution in [2.45, 2.75) is 18.1 Å². The molecule has 0 aliphatic heterocycles. The molecular formula is C21H15F4N5O. The molecule has 2 aromatic carbocycles. The molecule has 2 aromatic heterocycles. The van der Waals surface area contributed by atoms with Crippen molar-refractivity contribution in [3.8, 4) is 11.1 Å². The van der Waals surface area contributed by atoms with Crippen molar-refractivity contribution in [1.29, 1.82) is 0 Å². The van der Waals surface area contributed by atoms with Crippen molar-refractivity contribution >= 4 is 0 Å². The lowest BCUT2D eigenvalue weighted by atomic mass is 9.84. The normalized spacial score (nSPS) is 13.7. The minimum Gasteiger partial charge on any atom is -0.377 e. The van der Waals surface area contributed by atoms with E-state index in [0.29, 0.717) is 11.6 Å². The number of tetrazole rings is 1. The fourth-order valence-electron chi connectivity index (χ4n) is 3.26. The number of hydrogen-bond acceptors (Lipinski definition) is 5. The molecule has 1 N–H and O–H groups in total. The molecule has 0 aliphatic rings. The summed E-state index contributed by atoms with van der Waals surface area (Å²) in [5.41, 5.74) is -3.44. The quantitative estimate of drug-likeness (QED) is 0.473. The highest BCUT2D eigenvalue weighted by molar-refractivity contribution is 5.62. The maximum atomic E-state index is 15.6. The molecule has 0 bridgehead atoms. The van der Waals surface area contributed by atoms with E-state index >= 15 is 8.78 Å². The molecule has 4 rings (SSSR count). The van der Waals surface area contributed by atoms with Gasteiger partial charge in [-0.15, -0.1) is 5.10 Å². The summed E-state index contributed by atoms with van der Waals surface area (Å²) in [5, 5.41) is 21.3. The number of rotatable bonds is 6.